The summed E-state index contributed by atoms with van der Waals surface area (Å²) in [6.45, 7) is 0.552. The van der Waals surface area contributed by atoms with E-state index in [9.17, 15) is 9.18 Å². The van der Waals surface area contributed by atoms with Crippen molar-refractivity contribution >= 4 is 22.5 Å². The second-order valence-corrected chi connectivity index (χ2v) is 6.86. The molecular formula is C22H17FN2O2. The zero-order valence-electron chi connectivity index (χ0n) is 14.5. The van der Waals surface area contributed by atoms with Gasteiger partial charge in [-0.2, -0.15) is 0 Å². The number of benzene rings is 2. The van der Waals surface area contributed by atoms with Gasteiger partial charge in [0.2, 0.25) is 5.91 Å². The molecule has 1 amide bonds. The molecule has 0 saturated carbocycles. The van der Waals surface area contributed by atoms with Crippen molar-refractivity contribution in [1.29, 1.82) is 0 Å². The maximum absolute atomic E-state index is 13.6. The van der Waals surface area contributed by atoms with Gasteiger partial charge in [-0.15, -0.1) is 0 Å². The number of hydrogen-bond acceptors (Lipinski definition) is 2. The molecule has 4 nitrogen and oxygen atoms in total. The summed E-state index contributed by atoms with van der Waals surface area (Å²) in [5.74, 6) is 0.343. The Kier molecular flexibility index (Phi) is 3.60. The Hall–Kier alpha value is -3.34. The molecule has 0 radical (unpaired) electrons. The van der Waals surface area contributed by atoms with Crippen LogP contribution in [-0.4, -0.2) is 10.5 Å². The van der Waals surface area contributed by atoms with E-state index in [1.165, 1.54) is 6.07 Å². The number of carbonyl (C=O) groups excluding carboxylic acids is 1. The molecule has 0 spiro atoms. The normalized spacial score (nSPS) is 16.3. The van der Waals surface area contributed by atoms with Gasteiger partial charge in [-0.05, 0) is 47.5 Å². The summed E-state index contributed by atoms with van der Waals surface area (Å²) in [7, 11) is 0. The fraction of sp³-hybridized carbons (Fsp3) is 0.136. The Morgan fingerprint density at radius 3 is 2.85 bits per heavy atom. The van der Waals surface area contributed by atoms with Gasteiger partial charge in [0, 0.05) is 24.5 Å². The van der Waals surface area contributed by atoms with E-state index in [2.05, 4.69) is 16.1 Å². The molecular weight excluding hydrogens is 343 g/mol. The van der Waals surface area contributed by atoms with Gasteiger partial charge in [0.1, 0.15) is 11.6 Å². The Morgan fingerprint density at radius 1 is 1.15 bits per heavy atom. The maximum atomic E-state index is 13.6. The van der Waals surface area contributed by atoms with Crippen LogP contribution in [0.15, 0.2) is 71.5 Å². The van der Waals surface area contributed by atoms with Crippen LogP contribution in [0.5, 0.6) is 0 Å². The highest BCUT2D eigenvalue weighted by molar-refractivity contribution is 6.05. The lowest BCUT2D eigenvalue weighted by atomic mass is 9.93. The third kappa shape index (κ3) is 2.72. The number of carbonyl (C=O) groups is 1. The number of amides is 1. The van der Waals surface area contributed by atoms with Crippen LogP contribution in [0.3, 0.4) is 0 Å². The number of halogens is 1. The number of anilines is 1. The van der Waals surface area contributed by atoms with Crippen LogP contribution in [0.25, 0.3) is 10.9 Å². The Bertz CT molecular complexity index is 1140. The number of aromatic nitrogens is 1. The standard InChI is InChI=1S/C22H17FN2O2/c23-15-5-1-4-14(10-15)12-25-13-17-16(20-8-3-9-27-20)11-21(26)24-18-6-2-7-19(25)22(17)18/h1-10,13,16H,11-12H2,(H,24,26)/t16-/m1/s1. The minimum absolute atomic E-state index is 0.0308. The molecule has 0 fully saturated rings. The molecule has 1 aliphatic heterocycles. The average molecular weight is 360 g/mol. The van der Waals surface area contributed by atoms with Crippen LogP contribution in [0, 0.1) is 5.82 Å². The molecule has 134 valence electrons. The van der Waals surface area contributed by atoms with E-state index in [0.717, 1.165) is 33.5 Å². The van der Waals surface area contributed by atoms with Gasteiger partial charge in [0.15, 0.2) is 0 Å². The molecule has 1 atom stereocenters. The molecule has 2 aromatic heterocycles. The lowest BCUT2D eigenvalue weighted by Gasteiger charge is -2.11. The van der Waals surface area contributed by atoms with Gasteiger partial charge in [-0.3, -0.25) is 4.79 Å². The minimum atomic E-state index is -0.244. The van der Waals surface area contributed by atoms with Gasteiger partial charge < -0.3 is 14.3 Å². The summed E-state index contributed by atoms with van der Waals surface area (Å²) in [6, 6.07) is 16.2. The molecule has 4 aromatic rings. The third-order valence-corrected chi connectivity index (χ3v) is 5.10. The molecule has 5 rings (SSSR count). The quantitative estimate of drug-likeness (QED) is 0.565. The second-order valence-electron chi connectivity index (χ2n) is 6.86. The molecule has 0 aliphatic carbocycles. The van der Waals surface area contributed by atoms with Crippen molar-refractivity contribution in [2.24, 2.45) is 0 Å². The van der Waals surface area contributed by atoms with Gasteiger partial charge >= 0.3 is 0 Å². The first-order chi connectivity index (χ1) is 13.2. The topological polar surface area (TPSA) is 47.2 Å². The summed E-state index contributed by atoms with van der Waals surface area (Å²) in [6.07, 6.45) is 4.01. The average Bonchev–Trinajstić information content (AvgIpc) is 3.26. The zero-order chi connectivity index (χ0) is 18.4. The highest BCUT2D eigenvalue weighted by atomic mass is 19.1. The Morgan fingerprint density at radius 2 is 2.04 bits per heavy atom. The molecule has 27 heavy (non-hydrogen) atoms. The summed E-state index contributed by atoms with van der Waals surface area (Å²) in [5.41, 5.74) is 3.75. The Labute approximate surface area is 155 Å². The monoisotopic (exact) mass is 360 g/mol. The number of rotatable bonds is 3. The van der Waals surface area contributed by atoms with E-state index >= 15 is 0 Å². The molecule has 0 unspecified atom stereocenters. The van der Waals surface area contributed by atoms with Crippen molar-refractivity contribution in [3.8, 4) is 0 Å². The van der Waals surface area contributed by atoms with Crippen LogP contribution in [0.4, 0.5) is 10.1 Å². The minimum Gasteiger partial charge on any atom is -0.469 e. The van der Waals surface area contributed by atoms with Gasteiger partial charge in [0.05, 0.1) is 23.4 Å². The van der Waals surface area contributed by atoms with Crippen LogP contribution in [0.1, 0.15) is 29.2 Å². The largest absolute Gasteiger partial charge is 0.469 e. The van der Waals surface area contributed by atoms with Crippen LogP contribution < -0.4 is 5.32 Å². The van der Waals surface area contributed by atoms with E-state index in [1.807, 2.05) is 36.4 Å². The van der Waals surface area contributed by atoms with Crippen molar-refractivity contribution in [1.82, 2.24) is 4.57 Å². The first-order valence-electron chi connectivity index (χ1n) is 8.88. The highest BCUT2D eigenvalue weighted by Gasteiger charge is 2.29. The van der Waals surface area contributed by atoms with E-state index in [0.29, 0.717) is 13.0 Å². The lowest BCUT2D eigenvalue weighted by Crippen LogP contribution is -2.13. The third-order valence-electron chi connectivity index (χ3n) is 5.10. The molecule has 5 heteroatoms. The molecule has 1 N–H and O–H groups in total. The second kappa shape index (κ2) is 6.13. The molecule has 3 heterocycles. The molecule has 0 bridgehead atoms. The van der Waals surface area contributed by atoms with E-state index in [1.54, 1.807) is 18.4 Å². The van der Waals surface area contributed by atoms with Gasteiger partial charge in [-0.25, -0.2) is 4.39 Å². The first-order valence-corrected chi connectivity index (χ1v) is 8.88. The fourth-order valence-electron chi connectivity index (χ4n) is 3.96. The summed E-state index contributed by atoms with van der Waals surface area (Å²) >= 11 is 0. The molecule has 1 aliphatic rings. The van der Waals surface area contributed by atoms with Crippen LogP contribution >= 0.6 is 0 Å². The van der Waals surface area contributed by atoms with Crippen LogP contribution in [0.2, 0.25) is 0 Å². The highest BCUT2D eigenvalue weighted by Crippen LogP contribution is 2.41. The first kappa shape index (κ1) is 15.9. The number of nitrogens with one attached hydrogen (secondary N) is 1. The summed E-state index contributed by atoms with van der Waals surface area (Å²) in [5, 5.41) is 4.03. The Balaban J connectivity index is 1.69. The van der Waals surface area contributed by atoms with Crippen LogP contribution in [-0.2, 0) is 11.3 Å². The fourth-order valence-corrected chi connectivity index (χ4v) is 3.96. The van der Waals surface area contributed by atoms with Crippen molar-refractivity contribution in [2.75, 3.05) is 5.32 Å². The number of nitrogens with zero attached hydrogens (tertiary/aromatic N) is 1. The van der Waals surface area contributed by atoms with Gasteiger partial charge in [-0.1, -0.05) is 18.2 Å². The van der Waals surface area contributed by atoms with Crippen molar-refractivity contribution < 1.29 is 13.6 Å². The predicted molar refractivity (Wildman–Crippen MR) is 101 cm³/mol. The molecule has 0 saturated heterocycles. The predicted octanol–water partition coefficient (Wildman–Crippen LogP) is 4.90. The maximum Gasteiger partial charge on any atom is 0.225 e. The van der Waals surface area contributed by atoms with Crippen molar-refractivity contribution in [2.45, 2.75) is 18.9 Å². The smallest absolute Gasteiger partial charge is 0.225 e. The SMILES string of the molecule is O=C1C[C@@H](c2ccco2)c2cn(Cc3cccc(F)c3)c3cccc(c23)N1. The van der Waals surface area contributed by atoms with Crippen molar-refractivity contribution in [3.05, 3.63) is 89.8 Å². The summed E-state index contributed by atoms with van der Waals surface area (Å²) < 4.78 is 21.3. The lowest BCUT2D eigenvalue weighted by molar-refractivity contribution is -0.116. The van der Waals surface area contributed by atoms with E-state index in [-0.39, 0.29) is 17.6 Å². The summed E-state index contributed by atoms with van der Waals surface area (Å²) in [4.78, 5) is 12.4. The number of furan rings is 1. The molecule has 2 aromatic carbocycles. The zero-order valence-corrected chi connectivity index (χ0v) is 14.5. The van der Waals surface area contributed by atoms with Gasteiger partial charge in [0.25, 0.3) is 0 Å². The van der Waals surface area contributed by atoms with E-state index < -0.39 is 0 Å². The van der Waals surface area contributed by atoms with E-state index in [4.69, 9.17) is 4.42 Å². The number of hydrogen-bond donors (Lipinski definition) is 1. The van der Waals surface area contributed by atoms with Crippen molar-refractivity contribution in [3.63, 3.8) is 0 Å².